The Balaban J connectivity index is 1.77. The zero-order valence-corrected chi connectivity index (χ0v) is 11.7. The highest BCUT2D eigenvalue weighted by atomic mass is 19.1. The average molecular weight is 280 g/mol. The minimum atomic E-state index is -0.295. The Morgan fingerprint density at radius 3 is 2.85 bits per heavy atom. The summed E-state index contributed by atoms with van der Waals surface area (Å²) < 4.78 is 18.4. The molecule has 1 aromatic rings. The van der Waals surface area contributed by atoms with E-state index in [-0.39, 0.29) is 11.8 Å². The predicted molar refractivity (Wildman–Crippen MR) is 75.4 cm³/mol. The molecule has 0 unspecified atom stereocenters. The Morgan fingerprint density at radius 2 is 2.15 bits per heavy atom. The third kappa shape index (κ3) is 4.11. The minimum Gasteiger partial charge on any atom is -0.496 e. The highest BCUT2D eigenvalue weighted by molar-refractivity contribution is 5.74. The summed E-state index contributed by atoms with van der Waals surface area (Å²) in [4.78, 5) is 11.7. The monoisotopic (exact) mass is 280 g/mol. The third-order valence-electron chi connectivity index (χ3n) is 3.61. The van der Waals surface area contributed by atoms with Crippen molar-refractivity contribution in [2.45, 2.75) is 38.1 Å². The molecule has 1 aliphatic rings. The van der Waals surface area contributed by atoms with Crippen molar-refractivity contribution in [3.05, 3.63) is 29.6 Å². The van der Waals surface area contributed by atoms with Gasteiger partial charge >= 0.3 is 6.03 Å². The smallest absolute Gasteiger partial charge is 0.315 e. The second kappa shape index (κ2) is 7.12. The molecule has 0 aliphatic heterocycles. The van der Waals surface area contributed by atoms with E-state index >= 15 is 0 Å². The Labute approximate surface area is 118 Å². The van der Waals surface area contributed by atoms with Gasteiger partial charge in [-0.3, -0.25) is 0 Å². The molecule has 1 saturated carbocycles. The fourth-order valence-electron chi connectivity index (χ4n) is 2.56. The van der Waals surface area contributed by atoms with E-state index < -0.39 is 0 Å². The maximum absolute atomic E-state index is 13.2. The number of halogens is 1. The van der Waals surface area contributed by atoms with Crippen LogP contribution in [0.5, 0.6) is 5.75 Å². The van der Waals surface area contributed by atoms with Crippen molar-refractivity contribution in [2.24, 2.45) is 0 Å². The Morgan fingerprint density at radius 1 is 1.40 bits per heavy atom. The van der Waals surface area contributed by atoms with E-state index in [1.54, 1.807) is 13.2 Å². The maximum Gasteiger partial charge on any atom is 0.315 e. The minimum absolute atomic E-state index is 0.146. The summed E-state index contributed by atoms with van der Waals surface area (Å²) in [6, 6.07) is 4.56. The number of methoxy groups -OCH3 is 1. The molecule has 0 aromatic heterocycles. The van der Waals surface area contributed by atoms with Crippen molar-refractivity contribution in [3.63, 3.8) is 0 Å². The zero-order valence-electron chi connectivity index (χ0n) is 11.7. The van der Waals surface area contributed by atoms with Gasteiger partial charge in [-0.25, -0.2) is 9.18 Å². The average Bonchev–Trinajstić information content (AvgIpc) is 2.92. The molecule has 1 fully saturated rings. The molecule has 110 valence electrons. The number of rotatable bonds is 5. The standard InChI is InChI=1S/C15H21FN2O2/c1-20-14-7-6-12(16)10-11(14)8-9-17-15(19)18-13-4-2-3-5-13/h6-7,10,13H,2-5,8-9H2,1H3,(H2,17,18,19). The molecule has 5 heteroatoms. The number of carbonyl (C=O) groups is 1. The van der Waals surface area contributed by atoms with Crippen LogP contribution in [-0.4, -0.2) is 25.7 Å². The second-order valence-corrected chi connectivity index (χ2v) is 5.09. The van der Waals surface area contributed by atoms with Gasteiger partial charge in [0.25, 0.3) is 0 Å². The first-order valence-electron chi connectivity index (χ1n) is 7.06. The number of hydrogen-bond acceptors (Lipinski definition) is 2. The molecule has 0 bridgehead atoms. The lowest BCUT2D eigenvalue weighted by Gasteiger charge is -2.13. The zero-order chi connectivity index (χ0) is 14.4. The number of amides is 2. The van der Waals surface area contributed by atoms with Gasteiger partial charge in [-0.05, 0) is 43.0 Å². The number of urea groups is 1. The van der Waals surface area contributed by atoms with E-state index in [9.17, 15) is 9.18 Å². The van der Waals surface area contributed by atoms with Gasteiger partial charge in [0.05, 0.1) is 7.11 Å². The molecule has 0 spiro atoms. The fourth-order valence-corrected chi connectivity index (χ4v) is 2.56. The lowest BCUT2D eigenvalue weighted by molar-refractivity contribution is 0.237. The summed E-state index contributed by atoms with van der Waals surface area (Å²) in [5, 5.41) is 5.75. The molecular formula is C15H21FN2O2. The largest absolute Gasteiger partial charge is 0.496 e. The summed E-state index contributed by atoms with van der Waals surface area (Å²) in [5.41, 5.74) is 0.758. The van der Waals surface area contributed by atoms with Crippen LogP contribution in [0, 0.1) is 5.82 Å². The van der Waals surface area contributed by atoms with Gasteiger partial charge < -0.3 is 15.4 Å². The molecule has 0 saturated heterocycles. The molecule has 2 amide bonds. The first-order valence-corrected chi connectivity index (χ1v) is 7.06. The van der Waals surface area contributed by atoms with Crippen LogP contribution in [0.3, 0.4) is 0 Å². The molecule has 0 heterocycles. The number of nitrogens with one attached hydrogen (secondary N) is 2. The van der Waals surface area contributed by atoms with Gasteiger partial charge in [0, 0.05) is 12.6 Å². The maximum atomic E-state index is 13.2. The van der Waals surface area contributed by atoms with Crippen molar-refractivity contribution >= 4 is 6.03 Å². The first kappa shape index (κ1) is 14.6. The molecule has 4 nitrogen and oxygen atoms in total. The lowest BCUT2D eigenvalue weighted by atomic mass is 10.1. The molecule has 1 aromatic carbocycles. The van der Waals surface area contributed by atoms with Crippen LogP contribution in [0.1, 0.15) is 31.2 Å². The van der Waals surface area contributed by atoms with E-state index in [2.05, 4.69) is 10.6 Å². The summed E-state index contributed by atoms with van der Waals surface area (Å²) in [6.45, 7) is 0.457. The van der Waals surface area contributed by atoms with Gasteiger partial charge in [-0.15, -0.1) is 0 Å². The van der Waals surface area contributed by atoms with Crippen LogP contribution in [0.2, 0.25) is 0 Å². The van der Waals surface area contributed by atoms with Crippen LogP contribution < -0.4 is 15.4 Å². The van der Waals surface area contributed by atoms with Crippen molar-refractivity contribution in [3.8, 4) is 5.75 Å². The fraction of sp³-hybridized carbons (Fsp3) is 0.533. The molecule has 20 heavy (non-hydrogen) atoms. The Bertz CT molecular complexity index is 459. The molecule has 2 N–H and O–H groups in total. The summed E-state index contributed by atoms with van der Waals surface area (Å²) >= 11 is 0. The number of carbonyl (C=O) groups excluding carboxylic acids is 1. The van der Waals surface area contributed by atoms with Gasteiger partial charge in [-0.1, -0.05) is 12.8 Å². The quantitative estimate of drug-likeness (QED) is 0.871. The van der Waals surface area contributed by atoms with Gasteiger partial charge in [0.1, 0.15) is 11.6 Å². The van der Waals surface area contributed by atoms with Gasteiger partial charge in [0.2, 0.25) is 0 Å². The van der Waals surface area contributed by atoms with Crippen molar-refractivity contribution in [1.29, 1.82) is 0 Å². The first-order chi connectivity index (χ1) is 9.69. The van der Waals surface area contributed by atoms with Crippen LogP contribution in [-0.2, 0) is 6.42 Å². The molecule has 1 aliphatic carbocycles. The van der Waals surface area contributed by atoms with E-state index in [0.29, 0.717) is 24.8 Å². The highest BCUT2D eigenvalue weighted by Gasteiger charge is 2.16. The van der Waals surface area contributed by atoms with Gasteiger partial charge in [0.15, 0.2) is 0 Å². The van der Waals surface area contributed by atoms with Crippen LogP contribution in [0.15, 0.2) is 18.2 Å². The van der Waals surface area contributed by atoms with Crippen molar-refractivity contribution in [2.75, 3.05) is 13.7 Å². The van der Waals surface area contributed by atoms with E-state index in [0.717, 1.165) is 18.4 Å². The Hall–Kier alpha value is -1.78. The van der Waals surface area contributed by atoms with E-state index in [1.807, 2.05) is 0 Å². The highest BCUT2D eigenvalue weighted by Crippen LogP contribution is 2.19. The molecule has 0 radical (unpaired) electrons. The lowest BCUT2D eigenvalue weighted by Crippen LogP contribution is -2.41. The third-order valence-corrected chi connectivity index (χ3v) is 3.61. The Kier molecular flexibility index (Phi) is 5.21. The van der Waals surface area contributed by atoms with Crippen LogP contribution >= 0.6 is 0 Å². The van der Waals surface area contributed by atoms with Crippen LogP contribution in [0.4, 0.5) is 9.18 Å². The summed E-state index contributed by atoms with van der Waals surface area (Å²) in [5.74, 6) is 0.348. The van der Waals surface area contributed by atoms with E-state index in [1.165, 1.54) is 25.0 Å². The molecule has 2 rings (SSSR count). The number of benzene rings is 1. The van der Waals surface area contributed by atoms with Crippen molar-refractivity contribution in [1.82, 2.24) is 10.6 Å². The molecule has 0 atom stereocenters. The van der Waals surface area contributed by atoms with Crippen molar-refractivity contribution < 1.29 is 13.9 Å². The van der Waals surface area contributed by atoms with E-state index in [4.69, 9.17) is 4.74 Å². The van der Waals surface area contributed by atoms with Gasteiger partial charge in [-0.2, -0.15) is 0 Å². The molecular weight excluding hydrogens is 259 g/mol. The normalized spacial score (nSPS) is 15.1. The summed E-state index contributed by atoms with van der Waals surface area (Å²) in [6.07, 6.45) is 5.03. The second-order valence-electron chi connectivity index (χ2n) is 5.09. The topological polar surface area (TPSA) is 50.4 Å². The predicted octanol–water partition coefficient (Wildman–Crippen LogP) is 2.62. The van der Waals surface area contributed by atoms with Crippen LogP contribution in [0.25, 0.3) is 0 Å². The summed E-state index contributed by atoms with van der Waals surface area (Å²) in [7, 11) is 1.55. The SMILES string of the molecule is COc1ccc(F)cc1CCNC(=O)NC1CCCC1. The number of hydrogen-bond donors (Lipinski definition) is 2. The number of ether oxygens (including phenoxy) is 1.